The van der Waals surface area contributed by atoms with E-state index in [-0.39, 0.29) is 5.41 Å². The summed E-state index contributed by atoms with van der Waals surface area (Å²) in [5, 5.41) is 10.5. The number of aliphatic hydroxyl groups excluding tert-OH is 1. The highest BCUT2D eigenvalue weighted by Crippen LogP contribution is 2.51. The van der Waals surface area contributed by atoms with Gasteiger partial charge in [-0.15, -0.1) is 0 Å². The molecule has 2 nitrogen and oxygen atoms in total. The largest absolute Gasteiger partial charge is 0.467 e. The van der Waals surface area contributed by atoms with Crippen LogP contribution in [-0.2, 0) is 0 Å². The molecule has 1 heterocycles. The van der Waals surface area contributed by atoms with Crippen molar-refractivity contribution in [1.82, 2.24) is 0 Å². The summed E-state index contributed by atoms with van der Waals surface area (Å²) in [5.41, 5.74) is 0.0615. The molecule has 1 unspecified atom stereocenters. The monoisotopic (exact) mass is 222 g/mol. The third kappa shape index (κ3) is 2.17. The Labute approximate surface area is 97.7 Å². The molecule has 0 aliphatic heterocycles. The lowest BCUT2D eigenvalue weighted by Gasteiger charge is -2.34. The first-order valence-corrected chi connectivity index (χ1v) is 6.35. The summed E-state index contributed by atoms with van der Waals surface area (Å²) in [5.74, 6) is 1.37. The first kappa shape index (κ1) is 11.7. The van der Waals surface area contributed by atoms with Crippen LogP contribution in [0.4, 0.5) is 0 Å². The fourth-order valence-corrected chi connectivity index (χ4v) is 3.23. The molecule has 1 aromatic rings. The minimum Gasteiger partial charge on any atom is -0.467 e. The molecule has 2 heteroatoms. The average molecular weight is 222 g/mol. The fourth-order valence-electron chi connectivity index (χ4n) is 3.23. The molecule has 2 rings (SSSR count). The zero-order valence-electron chi connectivity index (χ0n) is 10.3. The van der Waals surface area contributed by atoms with E-state index >= 15 is 0 Å². The van der Waals surface area contributed by atoms with Crippen LogP contribution in [0.15, 0.2) is 22.8 Å². The molecular formula is C14H22O2. The smallest absolute Gasteiger partial charge is 0.132 e. The van der Waals surface area contributed by atoms with Crippen molar-refractivity contribution in [2.24, 2.45) is 11.3 Å². The molecule has 0 radical (unpaired) electrons. The van der Waals surface area contributed by atoms with E-state index in [0.29, 0.717) is 5.92 Å². The maximum absolute atomic E-state index is 10.5. The third-order valence-electron chi connectivity index (χ3n) is 3.81. The van der Waals surface area contributed by atoms with Crippen molar-refractivity contribution < 1.29 is 9.52 Å². The minimum atomic E-state index is -0.424. The first-order chi connectivity index (χ1) is 7.64. The van der Waals surface area contributed by atoms with E-state index in [0.717, 1.165) is 25.0 Å². The Kier molecular flexibility index (Phi) is 3.38. The van der Waals surface area contributed by atoms with Gasteiger partial charge in [0.1, 0.15) is 11.9 Å². The standard InChI is InChI=1S/C14H22O2/c1-11(2)10-14(7-3-4-8-14)13(15)12-6-5-9-16-12/h5-6,9,11,13,15H,3-4,7-8,10H2,1-2H3. The molecule has 0 saturated heterocycles. The molecule has 0 bridgehead atoms. The zero-order valence-corrected chi connectivity index (χ0v) is 10.3. The molecule has 1 fully saturated rings. The van der Waals surface area contributed by atoms with Crippen LogP contribution in [0.1, 0.15) is 57.8 Å². The van der Waals surface area contributed by atoms with E-state index in [1.807, 2.05) is 12.1 Å². The van der Waals surface area contributed by atoms with Crippen LogP contribution in [0.5, 0.6) is 0 Å². The Balaban J connectivity index is 2.18. The predicted molar refractivity (Wildman–Crippen MR) is 64.0 cm³/mol. The molecule has 90 valence electrons. The fraction of sp³-hybridized carbons (Fsp3) is 0.714. The summed E-state index contributed by atoms with van der Waals surface area (Å²) < 4.78 is 5.36. The normalized spacial score (nSPS) is 21.5. The summed E-state index contributed by atoms with van der Waals surface area (Å²) in [7, 11) is 0. The van der Waals surface area contributed by atoms with E-state index in [1.54, 1.807) is 6.26 Å². The lowest BCUT2D eigenvalue weighted by Crippen LogP contribution is -2.27. The van der Waals surface area contributed by atoms with Crippen molar-refractivity contribution in [1.29, 1.82) is 0 Å². The van der Waals surface area contributed by atoms with E-state index < -0.39 is 6.10 Å². The van der Waals surface area contributed by atoms with Crippen LogP contribution < -0.4 is 0 Å². The predicted octanol–water partition coefficient (Wildman–Crippen LogP) is 3.92. The number of aliphatic hydroxyl groups is 1. The van der Waals surface area contributed by atoms with Gasteiger partial charge in [0, 0.05) is 5.41 Å². The van der Waals surface area contributed by atoms with Gasteiger partial charge in [-0.1, -0.05) is 26.7 Å². The Morgan fingerprint density at radius 3 is 2.56 bits per heavy atom. The van der Waals surface area contributed by atoms with Crippen molar-refractivity contribution in [2.45, 2.75) is 52.1 Å². The quantitative estimate of drug-likeness (QED) is 0.837. The molecule has 0 spiro atoms. The maximum atomic E-state index is 10.5. The summed E-state index contributed by atoms with van der Waals surface area (Å²) in [4.78, 5) is 0. The van der Waals surface area contributed by atoms with Gasteiger partial charge in [0.15, 0.2) is 0 Å². The molecule has 1 saturated carbocycles. The average Bonchev–Trinajstić information content (AvgIpc) is 2.85. The van der Waals surface area contributed by atoms with Gasteiger partial charge >= 0.3 is 0 Å². The number of rotatable bonds is 4. The lowest BCUT2D eigenvalue weighted by molar-refractivity contribution is -0.00364. The van der Waals surface area contributed by atoms with Gasteiger partial charge in [-0.25, -0.2) is 0 Å². The van der Waals surface area contributed by atoms with Gasteiger partial charge in [0.05, 0.1) is 6.26 Å². The second-order valence-corrected chi connectivity index (χ2v) is 5.59. The molecule has 1 atom stereocenters. The van der Waals surface area contributed by atoms with Crippen LogP contribution in [0.3, 0.4) is 0 Å². The highest BCUT2D eigenvalue weighted by atomic mass is 16.4. The summed E-state index contributed by atoms with van der Waals surface area (Å²) in [6, 6.07) is 3.75. The molecule has 1 aliphatic carbocycles. The van der Waals surface area contributed by atoms with E-state index in [4.69, 9.17) is 4.42 Å². The van der Waals surface area contributed by atoms with Crippen molar-refractivity contribution >= 4 is 0 Å². The summed E-state index contributed by atoms with van der Waals surface area (Å²) >= 11 is 0. The van der Waals surface area contributed by atoms with Crippen molar-refractivity contribution in [2.75, 3.05) is 0 Å². The van der Waals surface area contributed by atoms with Gasteiger partial charge in [-0.05, 0) is 37.3 Å². The van der Waals surface area contributed by atoms with Crippen molar-refractivity contribution in [3.05, 3.63) is 24.2 Å². The van der Waals surface area contributed by atoms with Gasteiger partial charge in [-0.3, -0.25) is 0 Å². The van der Waals surface area contributed by atoms with Gasteiger partial charge in [-0.2, -0.15) is 0 Å². The highest BCUT2D eigenvalue weighted by Gasteiger charge is 2.42. The zero-order chi connectivity index (χ0) is 11.6. The van der Waals surface area contributed by atoms with E-state index in [1.165, 1.54) is 12.8 Å². The Bertz CT molecular complexity index is 307. The van der Waals surface area contributed by atoms with Crippen molar-refractivity contribution in [3.63, 3.8) is 0 Å². The Hall–Kier alpha value is -0.760. The van der Waals surface area contributed by atoms with Crippen LogP contribution in [-0.4, -0.2) is 5.11 Å². The lowest BCUT2D eigenvalue weighted by atomic mass is 9.73. The van der Waals surface area contributed by atoms with E-state index in [9.17, 15) is 5.11 Å². The second kappa shape index (κ2) is 4.62. The molecule has 1 N–H and O–H groups in total. The minimum absolute atomic E-state index is 0.0615. The Morgan fingerprint density at radius 1 is 1.38 bits per heavy atom. The molecule has 1 aliphatic rings. The molecule has 16 heavy (non-hydrogen) atoms. The van der Waals surface area contributed by atoms with E-state index in [2.05, 4.69) is 13.8 Å². The highest BCUT2D eigenvalue weighted by molar-refractivity contribution is 5.08. The topological polar surface area (TPSA) is 33.4 Å². The molecule has 1 aromatic heterocycles. The number of hydrogen-bond acceptors (Lipinski definition) is 2. The number of furan rings is 1. The van der Waals surface area contributed by atoms with Gasteiger partial charge < -0.3 is 9.52 Å². The van der Waals surface area contributed by atoms with Crippen LogP contribution in [0.25, 0.3) is 0 Å². The SMILES string of the molecule is CC(C)CC1(C(O)c2ccco2)CCCC1. The first-order valence-electron chi connectivity index (χ1n) is 6.35. The second-order valence-electron chi connectivity index (χ2n) is 5.59. The third-order valence-corrected chi connectivity index (χ3v) is 3.81. The number of hydrogen-bond donors (Lipinski definition) is 1. The Morgan fingerprint density at radius 2 is 2.06 bits per heavy atom. The van der Waals surface area contributed by atoms with Gasteiger partial charge in [0.2, 0.25) is 0 Å². The van der Waals surface area contributed by atoms with Gasteiger partial charge in [0.25, 0.3) is 0 Å². The molecule has 0 aromatic carbocycles. The summed E-state index contributed by atoms with van der Waals surface area (Å²) in [6.45, 7) is 4.46. The summed E-state index contributed by atoms with van der Waals surface area (Å²) in [6.07, 6.45) is 7.06. The van der Waals surface area contributed by atoms with Crippen LogP contribution >= 0.6 is 0 Å². The van der Waals surface area contributed by atoms with Crippen LogP contribution in [0.2, 0.25) is 0 Å². The molecular weight excluding hydrogens is 200 g/mol. The maximum Gasteiger partial charge on any atom is 0.132 e. The van der Waals surface area contributed by atoms with Crippen molar-refractivity contribution in [3.8, 4) is 0 Å². The molecule has 0 amide bonds. The van der Waals surface area contributed by atoms with Crippen LogP contribution in [0, 0.1) is 11.3 Å².